The summed E-state index contributed by atoms with van der Waals surface area (Å²) in [5, 5.41) is 6.60. The molecule has 0 bridgehead atoms. The molecule has 0 radical (unpaired) electrons. The lowest BCUT2D eigenvalue weighted by Crippen LogP contribution is -2.36. The molecule has 0 amide bonds. The highest BCUT2D eigenvalue weighted by atomic mass is 16.5. The lowest BCUT2D eigenvalue weighted by atomic mass is 10.1. The molecule has 1 heterocycles. The summed E-state index contributed by atoms with van der Waals surface area (Å²) in [5.74, 6) is 2.15. The number of nitrogens with zero attached hydrogens (tertiary/aromatic N) is 2. The Kier molecular flexibility index (Phi) is 8.38. The molecule has 7 nitrogen and oxygen atoms in total. The number of hydrogen-bond donors (Lipinski definition) is 2. The van der Waals surface area contributed by atoms with E-state index in [0.29, 0.717) is 38.1 Å². The summed E-state index contributed by atoms with van der Waals surface area (Å²) in [6, 6.07) is 9.99. The van der Waals surface area contributed by atoms with E-state index in [1.807, 2.05) is 25.1 Å². The number of nitrogens with one attached hydrogen (secondary N) is 2. The Morgan fingerprint density at radius 1 is 1.07 bits per heavy atom. The van der Waals surface area contributed by atoms with Gasteiger partial charge in [-0.2, -0.15) is 0 Å². The zero-order valence-corrected chi connectivity index (χ0v) is 16.4. The Balaban J connectivity index is 1.93. The average molecular weight is 372 g/mol. The van der Waals surface area contributed by atoms with Gasteiger partial charge in [0.1, 0.15) is 12.4 Å². The van der Waals surface area contributed by atoms with Crippen LogP contribution in [-0.2, 0) is 17.8 Å². The second kappa shape index (κ2) is 11.0. The van der Waals surface area contributed by atoms with Crippen LogP contribution in [0.3, 0.4) is 0 Å². The van der Waals surface area contributed by atoms with Crippen LogP contribution in [0.5, 0.6) is 11.6 Å². The van der Waals surface area contributed by atoms with Gasteiger partial charge in [-0.15, -0.1) is 0 Å². The van der Waals surface area contributed by atoms with Gasteiger partial charge in [-0.3, -0.25) is 4.99 Å². The van der Waals surface area contributed by atoms with Gasteiger partial charge in [0, 0.05) is 45.1 Å². The van der Waals surface area contributed by atoms with Crippen LogP contribution in [0.4, 0.5) is 0 Å². The molecule has 0 spiro atoms. The zero-order chi connectivity index (χ0) is 19.5. The van der Waals surface area contributed by atoms with Crippen molar-refractivity contribution in [2.75, 3.05) is 34.5 Å². The fraction of sp³-hybridized carbons (Fsp3) is 0.400. The molecular weight excluding hydrogens is 344 g/mol. The first-order valence-electron chi connectivity index (χ1n) is 8.81. The van der Waals surface area contributed by atoms with E-state index in [1.165, 1.54) is 0 Å². The number of hydrogen-bond acceptors (Lipinski definition) is 5. The van der Waals surface area contributed by atoms with E-state index in [-0.39, 0.29) is 0 Å². The van der Waals surface area contributed by atoms with E-state index in [9.17, 15) is 0 Å². The molecule has 0 atom stereocenters. The van der Waals surface area contributed by atoms with Crippen molar-refractivity contribution >= 4 is 5.96 Å². The lowest BCUT2D eigenvalue weighted by Gasteiger charge is -2.15. The van der Waals surface area contributed by atoms with Crippen LogP contribution in [0.1, 0.15) is 16.7 Å². The van der Waals surface area contributed by atoms with Crippen molar-refractivity contribution in [3.8, 4) is 11.6 Å². The smallest absolute Gasteiger partial charge is 0.213 e. The largest absolute Gasteiger partial charge is 0.491 e. The molecule has 2 rings (SSSR count). The number of aliphatic imine (C=N–C) groups is 1. The van der Waals surface area contributed by atoms with Gasteiger partial charge in [0.05, 0.1) is 13.7 Å². The predicted molar refractivity (Wildman–Crippen MR) is 106 cm³/mol. The van der Waals surface area contributed by atoms with Crippen molar-refractivity contribution in [1.82, 2.24) is 15.6 Å². The van der Waals surface area contributed by atoms with Crippen LogP contribution in [0.2, 0.25) is 0 Å². The maximum Gasteiger partial charge on any atom is 0.213 e. The van der Waals surface area contributed by atoms with E-state index >= 15 is 0 Å². The quantitative estimate of drug-likeness (QED) is 0.400. The first kappa shape index (κ1) is 20.5. The topological polar surface area (TPSA) is 77.0 Å². The fourth-order valence-corrected chi connectivity index (χ4v) is 2.43. The standard InChI is InChI=1S/C20H28N4O3/c1-15-5-6-17(18(11-15)27-10-9-25-3)14-24-20(21-2)23-13-16-7-8-22-19(12-16)26-4/h5-8,11-12H,9-10,13-14H2,1-4H3,(H2,21,23,24). The van der Waals surface area contributed by atoms with Gasteiger partial charge < -0.3 is 24.8 Å². The molecule has 2 N–H and O–H groups in total. The SMILES string of the molecule is CN=C(NCc1ccnc(OC)c1)NCc1ccc(C)cc1OCCOC. The molecule has 2 aromatic rings. The van der Waals surface area contributed by atoms with E-state index in [2.05, 4.69) is 32.7 Å². The van der Waals surface area contributed by atoms with Gasteiger partial charge in [0.25, 0.3) is 0 Å². The highest BCUT2D eigenvalue weighted by Crippen LogP contribution is 2.20. The zero-order valence-electron chi connectivity index (χ0n) is 16.4. The van der Waals surface area contributed by atoms with Crippen molar-refractivity contribution in [3.05, 3.63) is 53.2 Å². The first-order valence-corrected chi connectivity index (χ1v) is 8.81. The minimum absolute atomic E-state index is 0.518. The summed E-state index contributed by atoms with van der Waals surface area (Å²) in [6.07, 6.45) is 1.72. The molecule has 7 heteroatoms. The van der Waals surface area contributed by atoms with Crippen molar-refractivity contribution in [1.29, 1.82) is 0 Å². The highest BCUT2D eigenvalue weighted by Gasteiger charge is 2.06. The van der Waals surface area contributed by atoms with Gasteiger partial charge >= 0.3 is 0 Å². The molecule has 0 saturated carbocycles. The van der Waals surface area contributed by atoms with E-state index in [4.69, 9.17) is 14.2 Å². The van der Waals surface area contributed by atoms with Crippen LogP contribution in [-0.4, -0.2) is 45.4 Å². The number of rotatable bonds is 9. The Labute approximate surface area is 160 Å². The fourth-order valence-electron chi connectivity index (χ4n) is 2.43. The summed E-state index contributed by atoms with van der Waals surface area (Å²) in [5.41, 5.74) is 3.27. The highest BCUT2D eigenvalue weighted by molar-refractivity contribution is 5.79. The van der Waals surface area contributed by atoms with Crippen molar-refractivity contribution in [2.24, 2.45) is 4.99 Å². The third-order valence-corrected chi connectivity index (χ3v) is 3.91. The number of guanidine groups is 1. The number of pyridine rings is 1. The van der Waals surface area contributed by atoms with E-state index < -0.39 is 0 Å². The van der Waals surface area contributed by atoms with Crippen molar-refractivity contribution in [2.45, 2.75) is 20.0 Å². The molecule has 146 valence electrons. The Bertz CT molecular complexity index is 750. The molecule has 0 fully saturated rings. The molecule has 27 heavy (non-hydrogen) atoms. The van der Waals surface area contributed by atoms with E-state index in [0.717, 1.165) is 22.4 Å². The second-order valence-electron chi connectivity index (χ2n) is 5.94. The summed E-state index contributed by atoms with van der Waals surface area (Å²) in [6.45, 7) is 4.33. The summed E-state index contributed by atoms with van der Waals surface area (Å²) in [4.78, 5) is 8.38. The minimum Gasteiger partial charge on any atom is -0.491 e. The minimum atomic E-state index is 0.518. The molecule has 1 aromatic carbocycles. The van der Waals surface area contributed by atoms with Crippen LogP contribution >= 0.6 is 0 Å². The maximum atomic E-state index is 5.83. The summed E-state index contributed by atoms with van der Waals surface area (Å²) < 4.78 is 16.0. The number of ether oxygens (including phenoxy) is 3. The van der Waals surface area contributed by atoms with Gasteiger partial charge in [-0.1, -0.05) is 12.1 Å². The molecule has 1 aromatic heterocycles. The summed E-state index contributed by atoms with van der Waals surface area (Å²) >= 11 is 0. The van der Waals surface area contributed by atoms with Crippen molar-refractivity contribution in [3.63, 3.8) is 0 Å². The Morgan fingerprint density at radius 2 is 1.89 bits per heavy atom. The number of aromatic nitrogens is 1. The predicted octanol–water partition coefficient (Wildman–Crippen LogP) is 2.29. The maximum absolute atomic E-state index is 5.83. The Morgan fingerprint density at radius 3 is 2.63 bits per heavy atom. The normalized spacial score (nSPS) is 11.2. The average Bonchev–Trinajstić information content (AvgIpc) is 2.69. The van der Waals surface area contributed by atoms with Crippen LogP contribution in [0.25, 0.3) is 0 Å². The number of methoxy groups -OCH3 is 2. The summed E-state index contributed by atoms with van der Waals surface area (Å²) in [7, 11) is 5.01. The van der Waals surface area contributed by atoms with Gasteiger partial charge in [-0.05, 0) is 30.2 Å². The molecule has 0 aliphatic heterocycles. The number of aryl methyl sites for hydroxylation is 1. The van der Waals surface area contributed by atoms with Crippen LogP contribution in [0, 0.1) is 6.92 Å². The third-order valence-electron chi connectivity index (χ3n) is 3.91. The first-order chi connectivity index (χ1) is 13.2. The molecule has 0 saturated heterocycles. The van der Waals surface area contributed by atoms with Gasteiger partial charge in [0.2, 0.25) is 5.88 Å². The van der Waals surface area contributed by atoms with Gasteiger partial charge in [0.15, 0.2) is 5.96 Å². The molecular formula is C20H28N4O3. The monoisotopic (exact) mass is 372 g/mol. The number of benzene rings is 1. The second-order valence-corrected chi connectivity index (χ2v) is 5.94. The van der Waals surface area contributed by atoms with Crippen molar-refractivity contribution < 1.29 is 14.2 Å². The third kappa shape index (κ3) is 6.79. The van der Waals surface area contributed by atoms with Gasteiger partial charge in [-0.25, -0.2) is 4.98 Å². The molecule has 0 aliphatic carbocycles. The van der Waals surface area contributed by atoms with E-state index in [1.54, 1.807) is 27.5 Å². The van der Waals surface area contributed by atoms with Crippen LogP contribution < -0.4 is 20.1 Å². The lowest BCUT2D eigenvalue weighted by molar-refractivity contribution is 0.145. The molecule has 0 aliphatic rings. The van der Waals surface area contributed by atoms with Crippen LogP contribution in [0.15, 0.2) is 41.5 Å². The molecule has 0 unspecified atom stereocenters. The Hall–Kier alpha value is -2.80.